The van der Waals surface area contributed by atoms with Gasteiger partial charge in [-0.25, -0.2) is 13.3 Å². The molecule has 0 aromatic carbocycles. The number of hydrogen-bond acceptors (Lipinski definition) is 6. The number of carbonyl (C=O) groups is 5. The largest absolute Gasteiger partial charge is 0.363 e. The Hall–Kier alpha value is -2.54. The van der Waals surface area contributed by atoms with E-state index in [1.807, 2.05) is 20.8 Å². The minimum atomic E-state index is -1.22. The second-order valence-electron chi connectivity index (χ2n) is 17.3. The summed E-state index contributed by atoms with van der Waals surface area (Å²) in [7, 11) is 0.531. The van der Waals surface area contributed by atoms with Gasteiger partial charge in [0.2, 0.25) is 17.6 Å². The highest BCUT2D eigenvalue weighted by molar-refractivity contribution is 7.81. The molecular formula is C36H60N6O6S. The highest BCUT2D eigenvalue weighted by atomic mass is 32.2. The van der Waals surface area contributed by atoms with Crippen LogP contribution in [0.15, 0.2) is 0 Å². The highest BCUT2D eigenvalue weighted by Crippen LogP contribution is 2.66. The molecule has 5 aliphatic rings. The molecule has 5 amide bonds. The number of primary amides is 1. The fraction of sp³-hybridized carbons (Fsp3) is 0.861. The molecule has 12 nitrogen and oxygen atoms in total. The first-order valence-electron chi connectivity index (χ1n) is 18.5. The van der Waals surface area contributed by atoms with Crippen molar-refractivity contribution in [3.05, 3.63) is 0 Å². The molecule has 5 rings (SSSR count). The summed E-state index contributed by atoms with van der Waals surface area (Å²) in [6.07, 6.45) is 13.4. The number of ketones is 1. The molecule has 4 saturated carbocycles. The molecule has 1 spiro atoms. The molecule has 0 aromatic rings. The van der Waals surface area contributed by atoms with Gasteiger partial charge >= 0.3 is 6.03 Å². The van der Waals surface area contributed by atoms with Crippen LogP contribution in [0.5, 0.6) is 0 Å². The summed E-state index contributed by atoms with van der Waals surface area (Å²) < 4.78 is 13.8. The van der Waals surface area contributed by atoms with Crippen molar-refractivity contribution < 1.29 is 28.2 Å². The molecule has 1 aliphatic heterocycles. The first-order chi connectivity index (χ1) is 23.0. The summed E-state index contributed by atoms with van der Waals surface area (Å²) >= 11 is 0. The molecule has 4 aliphatic carbocycles. The number of nitrogens with zero attached hydrogens (tertiary/aromatic N) is 2. The van der Waals surface area contributed by atoms with Crippen LogP contribution in [0.2, 0.25) is 0 Å². The Labute approximate surface area is 294 Å². The predicted octanol–water partition coefficient (Wildman–Crippen LogP) is 3.01. The standard InChI is InChI=1S/C36H60N6O6S/c1-34(2,3)26(21-41(5)49(6)48)39-33(47)40-29(35(4)14-8-7-9-15-35)32(46)42-20-24-23(13-16-36(24)17-18-36)27(42)31(45)38-25(28(43)30(37)44)19-22-11-10-12-22/h22-27,29H,7-21H2,1-6H3,(H2,37,44)(H,38,45)(H2,39,40,47)/t23-,24-,25?,26+,27-,29+,49?/m0/s1. The molecule has 1 heterocycles. The fourth-order valence-electron chi connectivity index (χ4n) is 9.20. The molecule has 49 heavy (non-hydrogen) atoms. The smallest absolute Gasteiger partial charge is 0.315 e. The number of Topliss-reactive ketones (excluding diaryl/α,β-unsaturated/α-hetero) is 1. The maximum Gasteiger partial charge on any atom is 0.315 e. The van der Waals surface area contributed by atoms with Crippen LogP contribution < -0.4 is 21.7 Å². The summed E-state index contributed by atoms with van der Waals surface area (Å²) in [6, 6.07) is -3.49. The molecule has 2 unspecified atom stereocenters. The minimum Gasteiger partial charge on any atom is -0.363 e. The number of nitrogens with one attached hydrogen (secondary N) is 3. The zero-order valence-corrected chi connectivity index (χ0v) is 31.3. The summed E-state index contributed by atoms with van der Waals surface area (Å²) in [5.41, 5.74) is 4.70. The van der Waals surface area contributed by atoms with Crippen LogP contribution in [-0.2, 0) is 30.2 Å². The predicted molar refractivity (Wildman–Crippen MR) is 188 cm³/mol. The van der Waals surface area contributed by atoms with E-state index in [-0.39, 0.29) is 40.5 Å². The summed E-state index contributed by atoms with van der Waals surface area (Å²) in [5, 5.41) is 9.11. The average Bonchev–Trinajstić information content (AvgIpc) is 3.57. The van der Waals surface area contributed by atoms with Gasteiger partial charge in [-0.2, -0.15) is 0 Å². The van der Waals surface area contributed by atoms with Crippen molar-refractivity contribution in [3.63, 3.8) is 0 Å². The van der Waals surface area contributed by atoms with E-state index in [1.165, 1.54) is 0 Å². The SMILES string of the molecule is CN(C[C@@H](NC(=O)N[C@H](C(=O)N1C[C@H]2[C@H](CCC23CC3)[C@H]1C(=O)NC(CC1CCC1)C(=O)C(N)=O)C1(C)CCCCC1)C(C)(C)C)S(C)=O. The lowest BCUT2D eigenvalue weighted by molar-refractivity contribution is -0.145. The van der Waals surface area contributed by atoms with Crippen LogP contribution in [0.25, 0.3) is 0 Å². The topological polar surface area (TPSA) is 171 Å². The molecular weight excluding hydrogens is 644 g/mol. The van der Waals surface area contributed by atoms with Crippen molar-refractivity contribution in [2.24, 2.45) is 39.7 Å². The molecule has 0 bridgehead atoms. The van der Waals surface area contributed by atoms with Gasteiger partial charge in [0.05, 0.1) is 17.0 Å². The first-order valence-corrected chi connectivity index (χ1v) is 20.0. The summed E-state index contributed by atoms with van der Waals surface area (Å²) in [5.74, 6) is -2.16. The van der Waals surface area contributed by atoms with Gasteiger partial charge in [0.15, 0.2) is 0 Å². The van der Waals surface area contributed by atoms with Crippen molar-refractivity contribution in [3.8, 4) is 0 Å². The molecule has 1 saturated heterocycles. The third-order valence-corrected chi connectivity index (χ3v) is 14.0. The van der Waals surface area contributed by atoms with Gasteiger partial charge in [-0.3, -0.25) is 19.2 Å². The molecule has 5 N–H and O–H groups in total. The first kappa shape index (κ1) is 37.7. The Morgan fingerprint density at radius 2 is 1.59 bits per heavy atom. The van der Waals surface area contributed by atoms with Crippen LogP contribution in [0.3, 0.4) is 0 Å². The normalized spacial score (nSPS) is 28.1. The van der Waals surface area contributed by atoms with Crippen molar-refractivity contribution in [1.29, 1.82) is 0 Å². The van der Waals surface area contributed by atoms with Crippen LogP contribution >= 0.6 is 0 Å². The fourth-order valence-corrected chi connectivity index (χ4v) is 9.56. The lowest BCUT2D eigenvalue weighted by atomic mass is 9.70. The van der Waals surface area contributed by atoms with E-state index in [0.29, 0.717) is 19.5 Å². The maximum atomic E-state index is 15.0. The molecule has 0 aromatic heterocycles. The quantitative estimate of drug-likeness (QED) is 0.215. The Kier molecular flexibility index (Phi) is 11.2. The Morgan fingerprint density at radius 1 is 0.939 bits per heavy atom. The summed E-state index contributed by atoms with van der Waals surface area (Å²) in [6.45, 7) is 8.90. The minimum absolute atomic E-state index is 0.0520. The van der Waals surface area contributed by atoms with Crippen molar-refractivity contribution in [1.82, 2.24) is 25.2 Å². The number of likely N-dealkylation sites (N-methyl/N-ethyl adjacent to an activating group) is 1. The second kappa shape index (κ2) is 14.6. The van der Waals surface area contributed by atoms with Gasteiger partial charge in [-0.05, 0) is 86.0 Å². The van der Waals surface area contributed by atoms with E-state index < -0.39 is 58.2 Å². The number of carbonyl (C=O) groups excluding carboxylic acids is 5. The van der Waals surface area contributed by atoms with E-state index in [4.69, 9.17) is 5.73 Å². The lowest BCUT2D eigenvalue weighted by Crippen LogP contribution is -2.63. The molecule has 13 heteroatoms. The van der Waals surface area contributed by atoms with Crippen LogP contribution in [0.4, 0.5) is 4.79 Å². The van der Waals surface area contributed by atoms with Gasteiger partial charge in [0, 0.05) is 25.4 Å². The van der Waals surface area contributed by atoms with E-state index in [1.54, 1.807) is 22.5 Å². The van der Waals surface area contributed by atoms with E-state index in [9.17, 15) is 28.2 Å². The van der Waals surface area contributed by atoms with Gasteiger partial charge in [-0.15, -0.1) is 0 Å². The zero-order chi connectivity index (χ0) is 35.9. The number of amides is 5. The molecule has 276 valence electrons. The number of fused-ring (bicyclic) bond motifs is 2. The number of urea groups is 1. The zero-order valence-electron chi connectivity index (χ0n) is 30.5. The van der Waals surface area contributed by atoms with Crippen LogP contribution in [0.1, 0.15) is 111 Å². The number of hydrogen-bond donors (Lipinski definition) is 4. The lowest BCUT2D eigenvalue weighted by Gasteiger charge is -2.43. The van der Waals surface area contributed by atoms with Crippen LogP contribution in [-0.4, -0.2) is 93.5 Å². The third-order valence-electron chi connectivity index (χ3n) is 13.0. The van der Waals surface area contributed by atoms with Crippen molar-refractivity contribution >= 4 is 40.5 Å². The van der Waals surface area contributed by atoms with Crippen LogP contribution in [0, 0.1) is 34.0 Å². The number of nitrogens with two attached hydrogens (primary N) is 1. The van der Waals surface area contributed by atoms with E-state index >= 15 is 0 Å². The third kappa shape index (κ3) is 8.18. The Morgan fingerprint density at radius 3 is 2.12 bits per heavy atom. The monoisotopic (exact) mass is 704 g/mol. The average molecular weight is 705 g/mol. The van der Waals surface area contributed by atoms with Crippen molar-refractivity contribution in [2.75, 3.05) is 26.4 Å². The Balaban J connectivity index is 1.42. The maximum absolute atomic E-state index is 15.0. The van der Waals surface area contributed by atoms with Gasteiger partial charge < -0.3 is 26.6 Å². The second-order valence-corrected chi connectivity index (χ2v) is 18.8. The van der Waals surface area contributed by atoms with Crippen molar-refractivity contribution in [2.45, 2.75) is 135 Å². The molecule has 0 radical (unpaired) electrons. The van der Waals surface area contributed by atoms with E-state index in [2.05, 4.69) is 22.9 Å². The summed E-state index contributed by atoms with van der Waals surface area (Å²) in [4.78, 5) is 69.8. The van der Waals surface area contributed by atoms with Gasteiger partial charge in [-0.1, -0.05) is 66.2 Å². The van der Waals surface area contributed by atoms with E-state index in [0.717, 1.165) is 77.0 Å². The number of rotatable bonds is 13. The number of likely N-dealkylation sites (tertiary alicyclic amines) is 1. The van der Waals surface area contributed by atoms with Gasteiger partial charge in [0.1, 0.15) is 12.1 Å². The van der Waals surface area contributed by atoms with Gasteiger partial charge in [0.25, 0.3) is 5.91 Å². The highest BCUT2D eigenvalue weighted by Gasteiger charge is 2.64. The molecule has 7 atom stereocenters. The molecule has 5 fully saturated rings. The Bertz CT molecular complexity index is 1320.